The fraction of sp³-hybridized carbons (Fsp3) is 0.414. The number of rotatable bonds is 5. The van der Waals surface area contributed by atoms with E-state index >= 15 is 4.39 Å². The molecule has 2 aliphatic rings. The van der Waals surface area contributed by atoms with Crippen LogP contribution in [0.5, 0.6) is 11.5 Å². The first-order valence-electron chi connectivity index (χ1n) is 13.0. The van der Waals surface area contributed by atoms with E-state index in [1.165, 1.54) is 4.57 Å². The maximum atomic E-state index is 16.2. The lowest BCUT2D eigenvalue weighted by Crippen LogP contribution is -2.41. The van der Waals surface area contributed by atoms with Crippen LogP contribution in [0, 0.1) is 18.3 Å². The Morgan fingerprint density at radius 1 is 1.21 bits per heavy atom. The molecule has 4 aromatic rings. The van der Waals surface area contributed by atoms with Gasteiger partial charge in [0, 0.05) is 50.9 Å². The Morgan fingerprint density at radius 3 is 2.69 bits per heavy atom. The highest BCUT2D eigenvalue weighted by atomic mass is 19.1. The van der Waals surface area contributed by atoms with E-state index in [9.17, 15) is 10.1 Å². The van der Waals surface area contributed by atoms with Crippen molar-refractivity contribution in [3.63, 3.8) is 0 Å². The molecule has 2 aromatic carbocycles. The molecule has 39 heavy (non-hydrogen) atoms. The average molecular weight is 533 g/mol. The SMILES string of the molecule is COc1cc2c(N3CCC(F)(c4nc5cc(C)ccc5o4)CC3)c(C#N)c(=O)n(C)c2cc1O[C@@H]1CCOC1. The molecule has 0 bridgehead atoms. The summed E-state index contributed by atoms with van der Waals surface area (Å²) in [6, 6.07) is 11.2. The molecule has 2 fully saturated rings. The molecule has 9 nitrogen and oxygen atoms in total. The highest BCUT2D eigenvalue weighted by Gasteiger charge is 2.42. The van der Waals surface area contributed by atoms with E-state index in [1.54, 1.807) is 32.4 Å². The van der Waals surface area contributed by atoms with Crippen LogP contribution in [0.15, 0.2) is 39.5 Å². The van der Waals surface area contributed by atoms with E-state index in [2.05, 4.69) is 11.1 Å². The Bertz CT molecular complexity index is 1670. The number of aryl methyl sites for hydroxylation is 2. The minimum atomic E-state index is -1.76. The van der Waals surface area contributed by atoms with Crippen molar-refractivity contribution < 1.29 is 23.0 Å². The van der Waals surface area contributed by atoms with E-state index < -0.39 is 11.2 Å². The Hall–Kier alpha value is -4.10. The van der Waals surface area contributed by atoms with Gasteiger partial charge in [-0.1, -0.05) is 6.07 Å². The molecule has 6 rings (SSSR count). The molecule has 1 atom stereocenters. The van der Waals surface area contributed by atoms with Crippen LogP contribution in [0.4, 0.5) is 10.1 Å². The van der Waals surface area contributed by atoms with Gasteiger partial charge in [0.15, 0.2) is 22.8 Å². The largest absolute Gasteiger partial charge is 0.493 e. The number of piperidine rings is 1. The number of oxazole rings is 1. The van der Waals surface area contributed by atoms with Gasteiger partial charge in [0.2, 0.25) is 5.89 Å². The molecule has 2 aliphatic heterocycles. The zero-order valence-electron chi connectivity index (χ0n) is 22.1. The van der Waals surface area contributed by atoms with Gasteiger partial charge in [-0.05, 0) is 30.7 Å². The van der Waals surface area contributed by atoms with Gasteiger partial charge in [0.05, 0.1) is 31.5 Å². The summed E-state index contributed by atoms with van der Waals surface area (Å²) in [5.74, 6) is 1.05. The zero-order valence-corrected chi connectivity index (χ0v) is 22.1. The van der Waals surface area contributed by atoms with Crippen molar-refractivity contribution in [2.45, 2.75) is 38.0 Å². The quantitative estimate of drug-likeness (QED) is 0.370. The molecule has 10 heteroatoms. The number of nitriles is 1. The monoisotopic (exact) mass is 532 g/mol. The van der Waals surface area contributed by atoms with Gasteiger partial charge in [-0.15, -0.1) is 0 Å². The third-order valence-electron chi connectivity index (χ3n) is 7.75. The number of halogens is 1. The van der Waals surface area contributed by atoms with Gasteiger partial charge < -0.3 is 28.1 Å². The maximum absolute atomic E-state index is 16.2. The average Bonchev–Trinajstić information content (AvgIpc) is 3.61. The van der Waals surface area contributed by atoms with Crippen molar-refractivity contribution in [3.8, 4) is 17.6 Å². The van der Waals surface area contributed by atoms with Crippen molar-refractivity contribution >= 4 is 27.7 Å². The fourth-order valence-corrected chi connectivity index (χ4v) is 5.52. The van der Waals surface area contributed by atoms with Gasteiger partial charge in [-0.3, -0.25) is 4.79 Å². The standard InChI is InChI=1S/C29H29FN4O5/c1-17-4-5-23-21(12-17)32-28(39-23)29(30)7-9-34(10-8-29)26-19-13-24(36-3)25(38-18-6-11-37-16-18)14-22(19)33(2)27(35)20(26)15-31/h4-5,12-14,18H,6-11,16H2,1-3H3/t18-/m1/s1. The van der Waals surface area contributed by atoms with Crippen LogP contribution in [0.2, 0.25) is 0 Å². The predicted octanol–water partition coefficient (Wildman–Crippen LogP) is 4.50. The Kier molecular flexibility index (Phi) is 6.19. The molecule has 0 saturated carbocycles. The van der Waals surface area contributed by atoms with Gasteiger partial charge in [-0.2, -0.15) is 5.26 Å². The normalized spacial score (nSPS) is 18.9. The van der Waals surface area contributed by atoms with E-state index in [1.807, 2.05) is 24.0 Å². The molecule has 0 radical (unpaired) electrons. The summed E-state index contributed by atoms with van der Waals surface area (Å²) < 4.78 is 40.6. The van der Waals surface area contributed by atoms with Crippen molar-refractivity contribution in [1.82, 2.24) is 9.55 Å². The summed E-state index contributed by atoms with van der Waals surface area (Å²) in [5, 5.41) is 10.7. The maximum Gasteiger partial charge on any atom is 0.270 e. The highest BCUT2D eigenvalue weighted by Crippen LogP contribution is 2.43. The molecular formula is C29H29FN4O5. The lowest BCUT2D eigenvalue weighted by Gasteiger charge is -2.37. The van der Waals surface area contributed by atoms with Gasteiger partial charge in [-0.25, -0.2) is 9.37 Å². The number of aromatic nitrogens is 2. The third kappa shape index (κ3) is 4.27. The van der Waals surface area contributed by atoms with Crippen molar-refractivity contribution in [2.75, 3.05) is 38.3 Å². The Morgan fingerprint density at radius 2 is 2.00 bits per heavy atom. The molecule has 2 saturated heterocycles. The number of hydrogen-bond donors (Lipinski definition) is 0. The fourth-order valence-electron chi connectivity index (χ4n) is 5.52. The number of nitrogens with zero attached hydrogens (tertiary/aromatic N) is 4. The zero-order chi connectivity index (χ0) is 27.3. The third-order valence-corrected chi connectivity index (χ3v) is 7.75. The van der Waals surface area contributed by atoms with E-state index in [0.29, 0.717) is 52.4 Å². The second-order valence-corrected chi connectivity index (χ2v) is 10.3. The number of anilines is 1. The van der Waals surface area contributed by atoms with Crippen LogP contribution in [0.3, 0.4) is 0 Å². The second-order valence-electron chi connectivity index (χ2n) is 10.3. The van der Waals surface area contributed by atoms with Gasteiger partial charge in [0.25, 0.3) is 5.56 Å². The summed E-state index contributed by atoms with van der Waals surface area (Å²) in [5.41, 5.74) is 1.09. The molecule has 2 aromatic heterocycles. The first kappa shape index (κ1) is 25.2. The number of ether oxygens (including phenoxy) is 3. The molecule has 0 aliphatic carbocycles. The minimum absolute atomic E-state index is 0.00797. The molecular weight excluding hydrogens is 503 g/mol. The number of methoxy groups -OCH3 is 1. The first-order valence-corrected chi connectivity index (χ1v) is 13.0. The molecule has 4 heterocycles. The molecule has 0 unspecified atom stereocenters. The molecule has 0 amide bonds. The van der Waals surface area contributed by atoms with Crippen molar-refractivity contribution in [1.29, 1.82) is 5.26 Å². The van der Waals surface area contributed by atoms with Crippen LogP contribution >= 0.6 is 0 Å². The number of benzene rings is 2. The Labute approximate surface area is 224 Å². The van der Waals surface area contributed by atoms with Crippen molar-refractivity contribution in [3.05, 3.63) is 57.7 Å². The molecule has 202 valence electrons. The van der Waals surface area contributed by atoms with Crippen molar-refractivity contribution in [2.24, 2.45) is 7.05 Å². The van der Waals surface area contributed by atoms with E-state index in [4.69, 9.17) is 18.6 Å². The lowest BCUT2D eigenvalue weighted by atomic mass is 9.92. The van der Waals surface area contributed by atoms with E-state index in [0.717, 1.165) is 12.0 Å². The molecule has 0 spiro atoms. The number of hydrogen-bond acceptors (Lipinski definition) is 8. The topological polar surface area (TPSA) is 103 Å². The first-order chi connectivity index (χ1) is 18.8. The summed E-state index contributed by atoms with van der Waals surface area (Å²) in [4.78, 5) is 19.6. The smallest absolute Gasteiger partial charge is 0.270 e. The number of pyridine rings is 1. The van der Waals surface area contributed by atoms with Crippen LogP contribution in [-0.2, 0) is 17.5 Å². The van der Waals surface area contributed by atoms with Crippen LogP contribution in [-0.4, -0.2) is 49.1 Å². The van der Waals surface area contributed by atoms with Crippen LogP contribution < -0.4 is 19.9 Å². The van der Waals surface area contributed by atoms with Gasteiger partial charge in [0.1, 0.15) is 23.3 Å². The predicted molar refractivity (Wildman–Crippen MR) is 143 cm³/mol. The van der Waals surface area contributed by atoms with Crippen LogP contribution in [0.25, 0.3) is 22.0 Å². The number of fused-ring (bicyclic) bond motifs is 2. The summed E-state index contributed by atoms with van der Waals surface area (Å²) in [6.07, 6.45) is 0.847. The minimum Gasteiger partial charge on any atom is -0.493 e. The lowest BCUT2D eigenvalue weighted by molar-refractivity contribution is 0.0905. The highest BCUT2D eigenvalue weighted by molar-refractivity contribution is 5.97. The van der Waals surface area contributed by atoms with E-state index in [-0.39, 0.29) is 43.5 Å². The summed E-state index contributed by atoms with van der Waals surface area (Å²) in [6.45, 7) is 3.60. The summed E-state index contributed by atoms with van der Waals surface area (Å²) in [7, 11) is 3.17. The molecule has 0 N–H and O–H groups in total. The number of alkyl halides is 1. The van der Waals surface area contributed by atoms with Crippen LogP contribution in [0.1, 0.15) is 36.3 Å². The summed E-state index contributed by atoms with van der Waals surface area (Å²) >= 11 is 0. The Balaban J connectivity index is 1.38. The second kappa shape index (κ2) is 9.58. The van der Waals surface area contributed by atoms with Gasteiger partial charge >= 0.3 is 0 Å².